The van der Waals surface area contributed by atoms with Gasteiger partial charge >= 0.3 is 0 Å². The van der Waals surface area contributed by atoms with Gasteiger partial charge in [-0.1, -0.05) is 0 Å². The van der Waals surface area contributed by atoms with Gasteiger partial charge in [0.1, 0.15) is 5.69 Å². The quantitative estimate of drug-likeness (QED) is 0.770. The zero-order valence-corrected chi connectivity index (χ0v) is 10.2. The summed E-state index contributed by atoms with van der Waals surface area (Å²) in [6.45, 7) is 2.98. The second-order valence-electron chi connectivity index (χ2n) is 4.22. The normalized spacial score (nSPS) is 20.2. The zero-order valence-electron chi connectivity index (χ0n) is 10.2. The van der Waals surface area contributed by atoms with Crippen molar-refractivity contribution in [3.05, 3.63) is 18.0 Å². The second kappa shape index (κ2) is 5.29. The summed E-state index contributed by atoms with van der Waals surface area (Å²) in [6, 6.07) is 1.72. The van der Waals surface area contributed by atoms with Gasteiger partial charge in [0, 0.05) is 39.9 Å². The van der Waals surface area contributed by atoms with E-state index in [0.717, 1.165) is 13.1 Å². The first kappa shape index (κ1) is 12.1. The summed E-state index contributed by atoms with van der Waals surface area (Å²) in [6.07, 6.45) is 1.70. The van der Waals surface area contributed by atoms with Crippen LogP contribution in [0.2, 0.25) is 0 Å². The summed E-state index contributed by atoms with van der Waals surface area (Å²) in [5, 5.41) is 7.24. The highest BCUT2D eigenvalue weighted by molar-refractivity contribution is 5.92. The Labute approximate surface area is 101 Å². The number of hydrogen-bond donors (Lipinski definition) is 1. The SMILES string of the molecule is CN(CC1CNCCO1)C(=O)c1ccnn1C. The van der Waals surface area contributed by atoms with E-state index in [0.29, 0.717) is 18.8 Å². The van der Waals surface area contributed by atoms with Crippen LogP contribution in [0.15, 0.2) is 12.3 Å². The van der Waals surface area contributed by atoms with Gasteiger partial charge in [0.05, 0.1) is 12.7 Å². The van der Waals surface area contributed by atoms with E-state index in [1.165, 1.54) is 0 Å². The molecule has 17 heavy (non-hydrogen) atoms. The Kier molecular flexibility index (Phi) is 3.75. The van der Waals surface area contributed by atoms with Gasteiger partial charge in [0.25, 0.3) is 5.91 Å². The van der Waals surface area contributed by atoms with Gasteiger partial charge in [0.2, 0.25) is 0 Å². The first-order valence-electron chi connectivity index (χ1n) is 5.74. The number of carbonyl (C=O) groups excluding carboxylic acids is 1. The molecule has 1 N–H and O–H groups in total. The third-order valence-corrected chi connectivity index (χ3v) is 2.87. The lowest BCUT2D eigenvalue weighted by Gasteiger charge is -2.28. The summed E-state index contributed by atoms with van der Waals surface area (Å²) >= 11 is 0. The minimum atomic E-state index is -0.0285. The number of morpholine rings is 1. The Balaban J connectivity index is 1.93. The van der Waals surface area contributed by atoms with Gasteiger partial charge in [0.15, 0.2) is 0 Å². The van der Waals surface area contributed by atoms with Crippen molar-refractivity contribution < 1.29 is 9.53 Å². The first-order chi connectivity index (χ1) is 8.18. The van der Waals surface area contributed by atoms with E-state index in [1.807, 2.05) is 0 Å². The highest BCUT2D eigenvalue weighted by atomic mass is 16.5. The van der Waals surface area contributed by atoms with E-state index < -0.39 is 0 Å². The number of nitrogens with zero attached hydrogens (tertiary/aromatic N) is 3. The van der Waals surface area contributed by atoms with Crippen LogP contribution in [-0.4, -0.2) is 60.0 Å². The maximum absolute atomic E-state index is 12.1. The molecule has 1 unspecified atom stereocenters. The maximum Gasteiger partial charge on any atom is 0.271 e. The van der Waals surface area contributed by atoms with Gasteiger partial charge in [-0.05, 0) is 6.07 Å². The molecule has 6 nitrogen and oxygen atoms in total. The van der Waals surface area contributed by atoms with Crippen molar-refractivity contribution in [3.8, 4) is 0 Å². The Morgan fingerprint density at radius 1 is 1.76 bits per heavy atom. The average molecular weight is 238 g/mol. The Morgan fingerprint density at radius 2 is 2.59 bits per heavy atom. The van der Waals surface area contributed by atoms with E-state index in [-0.39, 0.29) is 12.0 Å². The van der Waals surface area contributed by atoms with Gasteiger partial charge in [-0.3, -0.25) is 9.48 Å². The summed E-state index contributed by atoms with van der Waals surface area (Å²) in [5.74, 6) is -0.0285. The van der Waals surface area contributed by atoms with E-state index in [9.17, 15) is 4.79 Å². The molecule has 1 fully saturated rings. The number of nitrogens with one attached hydrogen (secondary N) is 1. The molecule has 0 saturated carbocycles. The fourth-order valence-corrected chi connectivity index (χ4v) is 1.90. The van der Waals surface area contributed by atoms with Crippen LogP contribution in [0.5, 0.6) is 0 Å². The molecule has 0 spiro atoms. The molecule has 0 radical (unpaired) electrons. The van der Waals surface area contributed by atoms with Crippen molar-refractivity contribution in [2.45, 2.75) is 6.10 Å². The van der Waals surface area contributed by atoms with E-state index in [1.54, 1.807) is 35.9 Å². The number of aryl methyl sites for hydroxylation is 1. The molecule has 0 aromatic carbocycles. The van der Waals surface area contributed by atoms with Crippen LogP contribution < -0.4 is 5.32 Å². The Morgan fingerprint density at radius 3 is 3.18 bits per heavy atom. The van der Waals surface area contributed by atoms with E-state index in [2.05, 4.69) is 10.4 Å². The van der Waals surface area contributed by atoms with Gasteiger partial charge < -0.3 is 15.0 Å². The number of amides is 1. The topological polar surface area (TPSA) is 59.4 Å². The lowest BCUT2D eigenvalue weighted by Crippen LogP contribution is -2.46. The zero-order chi connectivity index (χ0) is 12.3. The molecule has 2 rings (SSSR count). The van der Waals surface area contributed by atoms with Crippen LogP contribution in [0.25, 0.3) is 0 Å². The lowest BCUT2D eigenvalue weighted by molar-refractivity contribution is 0.0101. The monoisotopic (exact) mass is 238 g/mol. The first-order valence-corrected chi connectivity index (χ1v) is 5.74. The summed E-state index contributed by atoms with van der Waals surface area (Å²) < 4.78 is 7.15. The van der Waals surface area contributed by atoms with Gasteiger partial charge in [-0.15, -0.1) is 0 Å². The summed E-state index contributed by atoms with van der Waals surface area (Å²) in [4.78, 5) is 13.8. The molecule has 6 heteroatoms. The van der Waals surface area contributed by atoms with E-state index in [4.69, 9.17) is 4.74 Å². The Hall–Kier alpha value is -1.40. The molecule has 1 saturated heterocycles. The van der Waals surface area contributed by atoms with Crippen LogP contribution in [-0.2, 0) is 11.8 Å². The van der Waals surface area contributed by atoms with Crippen LogP contribution in [0.1, 0.15) is 10.5 Å². The van der Waals surface area contributed by atoms with Crippen LogP contribution >= 0.6 is 0 Å². The highest BCUT2D eigenvalue weighted by Crippen LogP contribution is 2.04. The van der Waals surface area contributed by atoms with Gasteiger partial charge in [-0.25, -0.2) is 0 Å². The smallest absolute Gasteiger partial charge is 0.271 e. The van der Waals surface area contributed by atoms with Crippen molar-refractivity contribution >= 4 is 5.91 Å². The molecular weight excluding hydrogens is 220 g/mol. The molecular formula is C11H18N4O2. The van der Waals surface area contributed by atoms with Crippen molar-refractivity contribution in [2.24, 2.45) is 7.05 Å². The number of ether oxygens (including phenoxy) is 1. The highest BCUT2D eigenvalue weighted by Gasteiger charge is 2.20. The third kappa shape index (κ3) is 2.83. The number of aromatic nitrogens is 2. The largest absolute Gasteiger partial charge is 0.374 e. The van der Waals surface area contributed by atoms with Crippen LogP contribution in [0, 0.1) is 0 Å². The van der Waals surface area contributed by atoms with E-state index >= 15 is 0 Å². The number of hydrogen-bond acceptors (Lipinski definition) is 4. The van der Waals surface area contributed by atoms with Crippen molar-refractivity contribution in [1.29, 1.82) is 0 Å². The fraction of sp³-hybridized carbons (Fsp3) is 0.636. The van der Waals surface area contributed by atoms with Crippen molar-refractivity contribution in [1.82, 2.24) is 20.0 Å². The third-order valence-electron chi connectivity index (χ3n) is 2.87. The van der Waals surface area contributed by atoms with Crippen molar-refractivity contribution in [3.63, 3.8) is 0 Å². The van der Waals surface area contributed by atoms with Crippen LogP contribution in [0.4, 0.5) is 0 Å². The predicted octanol–water partition coefficient (Wildman–Crippen LogP) is -0.519. The van der Waals surface area contributed by atoms with Crippen molar-refractivity contribution in [2.75, 3.05) is 33.3 Å². The molecule has 1 aromatic heterocycles. The molecule has 1 atom stereocenters. The number of likely N-dealkylation sites (N-methyl/N-ethyl adjacent to an activating group) is 1. The molecule has 1 aliphatic rings. The second-order valence-corrected chi connectivity index (χ2v) is 4.22. The number of rotatable bonds is 3. The average Bonchev–Trinajstić information content (AvgIpc) is 2.76. The Bertz CT molecular complexity index is 385. The maximum atomic E-state index is 12.1. The van der Waals surface area contributed by atoms with Crippen LogP contribution in [0.3, 0.4) is 0 Å². The number of carbonyl (C=O) groups is 1. The fourth-order valence-electron chi connectivity index (χ4n) is 1.90. The molecule has 0 bridgehead atoms. The molecule has 1 aromatic rings. The minimum absolute atomic E-state index is 0.0285. The molecule has 1 aliphatic heterocycles. The molecule has 1 amide bonds. The molecule has 2 heterocycles. The minimum Gasteiger partial charge on any atom is -0.374 e. The van der Waals surface area contributed by atoms with Gasteiger partial charge in [-0.2, -0.15) is 5.10 Å². The predicted molar refractivity (Wildman–Crippen MR) is 62.8 cm³/mol. The summed E-state index contributed by atoms with van der Waals surface area (Å²) in [5.41, 5.74) is 0.594. The molecule has 0 aliphatic carbocycles. The standard InChI is InChI=1S/C11H18N4O2/c1-14(8-9-7-12-5-6-17-9)11(16)10-3-4-13-15(10)2/h3-4,9,12H,5-8H2,1-2H3. The lowest BCUT2D eigenvalue weighted by atomic mass is 10.2. The molecule has 94 valence electrons. The summed E-state index contributed by atoms with van der Waals surface area (Å²) in [7, 11) is 3.55.